The van der Waals surface area contributed by atoms with E-state index in [-0.39, 0.29) is 11.8 Å². The fourth-order valence-corrected chi connectivity index (χ4v) is 4.32. The smallest absolute Gasteiger partial charge is 0.218 e. The number of rotatable bonds is 5. The third-order valence-corrected chi connectivity index (χ3v) is 6.09. The first-order valence-corrected chi connectivity index (χ1v) is 9.16. The molecule has 1 saturated carbocycles. The predicted molar refractivity (Wildman–Crippen MR) is 81.7 cm³/mol. The van der Waals surface area contributed by atoms with E-state index in [4.69, 9.17) is 0 Å². The van der Waals surface area contributed by atoms with E-state index in [9.17, 15) is 8.42 Å². The van der Waals surface area contributed by atoms with Crippen LogP contribution in [0, 0.1) is 0 Å². The molecular formula is C15H18N4O2S. The zero-order chi connectivity index (χ0) is 15.2. The molecule has 2 aliphatic rings. The molecule has 2 fully saturated rings. The molecule has 6 nitrogen and oxygen atoms in total. The first-order valence-electron chi connectivity index (χ1n) is 7.55. The molecule has 0 atom stereocenters. The first-order chi connectivity index (χ1) is 10.6. The van der Waals surface area contributed by atoms with Gasteiger partial charge in [-0.25, -0.2) is 13.1 Å². The van der Waals surface area contributed by atoms with Crippen LogP contribution in [0.25, 0.3) is 0 Å². The number of aromatic nitrogens is 3. The van der Waals surface area contributed by atoms with Gasteiger partial charge in [0.05, 0.1) is 17.5 Å². The molecule has 0 N–H and O–H groups in total. The van der Waals surface area contributed by atoms with Gasteiger partial charge in [0.25, 0.3) is 0 Å². The lowest BCUT2D eigenvalue weighted by atomic mass is 10.2. The summed E-state index contributed by atoms with van der Waals surface area (Å²) in [7, 11) is -3.24. The Hall–Kier alpha value is -1.73. The van der Waals surface area contributed by atoms with Crippen molar-refractivity contribution in [1.29, 1.82) is 0 Å². The van der Waals surface area contributed by atoms with Gasteiger partial charge < -0.3 is 0 Å². The SMILES string of the molecule is O=S(=O)(Cc1ccccc1)N1CC(n2cc(C3CC3)nn2)C1. The molecule has 0 radical (unpaired) electrons. The van der Waals surface area contributed by atoms with Gasteiger partial charge in [-0.3, -0.25) is 0 Å². The van der Waals surface area contributed by atoms with E-state index in [1.54, 1.807) is 0 Å². The average Bonchev–Trinajstić information content (AvgIpc) is 3.17. The van der Waals surface area contributed by atoms with Gasteiger partial charge in [-0.2, -0.15) is 4.31 Å². The Morgan fingerprint density at radius 3 is 2.55 bits per heavy atom. The highest BCUT2D eigenvalue weighted by molar-refractivity contribution is 7.88. The van der Waals surface area contributed by atoms with Crippen molar-refractivity contribution in [3.8, 4) is 0 Å². The molecule has 4 rings (SSSR count). The largest absolute Gasteiger partial charge is 0.247 e. The highest BCUT2D eigenvalue weighted by Gasteiger charge is 2.38. The Morgan fingerprint density at radius 2 is 1.86 bits per heavy atom. The lowest BCUT2D eigenvalue weighted by Gasteiger charge is -2.37. The summed E-state index contributed by atoms with van der Waals surface area (Å²) >= 11 is 0. The summed E-state index contributed by atoms with van der Waals surface area (Å²) in [6.45, 7) is 0.977. The van der Waals surface area contributed by atoms with Gasteiger partial charge in [-0.1, -0.05) is 35.5 Å². The van der Waals surface area contributed by atoms with Crippen LogP contribution in [-0.4, -0.2) is 40.8 Å². The molecule has 0 amide bonds. The Morgan fingerprint density at radius 1 is 1.14 bits per heavy atom. The second-order valence-corrected chi connectivity index (χ2v) is 8.08. The molecule has 1 aromatic heterocycles. The van der Waals surface area contributed by atoms with E-state index >= 15 is 0 Å². The van der Waals surface area contributed by atoms with Crippen molar-refractivity contribution < 1.29 is 8.42 Å². The second-order valence-electron chi connectivity index (χ2n) is 6.11. The monoisotopic (exact) mass is 318 g/mol. The Labute approximate surface area is 129 Å². The Balaban J connectivity index is 1.39. The molecule has 0 unspecified atom stereocenters. The van der Waals surface area contributed by atoms with E-state index in [1.165, 1.54) is 17.1 Å². The zero-order valence-corrected chi connectivity index (χ0v) is 13.0. The van der Waals surface area contributed by atoms with Crippen molar-refractivity contribution >= 4 is 10.0 Å². The summed E-state index contributed by atoms with van der Waals surface area (Å²) in [6, 6.07) is 9.41. The quantitative estimate of drug-likeness (QED) is 0.838. The van der Waals surface area contributed by atoms with Crippen molar-refractivity contribution in [1.82, 2.24) is 19.3 Å². The fraction of sp³-hybridized carbons (Fsp3) is 0.467. The maximum atomic E-state index is 12.4. The van der Waals surface area contributed by atoms with Crippen molar-refractivity contribution in [2.45, 2.75) is 30.6 Å². The Bertz CT molecular complexity index is 762. The van der Waals surface area contributed by atoms with Gasteiger partial charge in [0, 0.05) is 25.2 Å². The molecule has 1 aliphatic carbocycles. The van der Waals surface area contributed by atoms with E-state index < -0.39 is 10.0 Å². The normalized spacial score (nSPS) is 20.0. The summed E-state index contributed by atoms with van der Waals surface area (Å²) in [5, 5.41) is 8.33. The summed E-state index contributed by atoms with van der Waals surface area (Å²) < 4.78 is 28.1. The second kappa shape index (κ2) is 5.17. The molecule has 2 heterocycles. The lowest BCUT2D eigenvalue weighted by molar-refractivity contribution is 0.188. The molecule has 0 spiro atoms. The minimum Gasteiger partial charge on any atom is -0.247 e. The Kier molecular flexibility index (Phi) is 3.27. The van der Waals surface area contributed by atoms with Crippen molar-refractivity contribution in [2.75, 3.05) is 13.1 Å². The van der Waals surface area contributed by atoms with Crippen molar-refractivity contribution in [3.05, 3.63) is 47.8 Å². The van der Waals surface area contributed by atoms with Gasteiger partial charge in [0.2, 0.25) is 10.0 Å². The lowest BCUT2D eigenvalue weighted by Crippen LogP contribution is -2.51. The molecule has 1 aliphatic heterocycles. The molecule has 0 bridgehead atoms. The van der Waals surface area contributed by atoms with E-state index in [1.807, 2.05) is 41.2 Å². The minimum absolute atomic E-state index is 0.0608. The van der Waals surface area contributed by atoms with Crippen LogP contribution in [0.2, 0.25) is 0 Å². The third kappa shape index (κ3) is 2.66. The molecule has 1 saturated heterocycles. The average molecular weight is 318 g/mol. The van der Waals surface area contributed by atoms with Crippen LogP contribution in [0.4, 0.5) is 0 Å². The summed E-state index contributed by atoms with van der Waals surface area (Å²) in [5.74, 6) is 0.636. The van der Waals surface area contributed by atoms with Crippen molar-refractivity contribution in [2.24, 2.45) is 0 Å². The van der Waals surface area contributed by atoms with Gasteiger partial charge in [-0.05, 0) is 18.4 Å². The van der Waals surface area contributed by atoms with E-state index in [2.05, 4.69) is 10.3 Å². The van der Waals surface area contributed by atoms with Gasteiger partial charge in [0.15, 0.2) is 0 Å². The zero-order valence-electron chi connectivity index (χ0n) is 12.2. The number of hydrogen-bond donors (Lipinski definition) is 0. The number of hydrogen-bond acceptors (Lipinski definition) is 4. The van der Waals surface area contributed by atoms with E-state index in [0.29, 0.717) is 19.0 Å². The highest BCUT2D eigenvalue weighted by atomic mass is 32.2. The highest BCUT2D eigenvalue weighted by Crippen LogP contribution is 2.39. The molecule has 22 heavy (non-hydrogen) atoms. The minimum atomic E-state index is -3.24. The summed E-state index contributed by atoms with van der Waals surface area (Å²) in [4.78, 5) is 0. The predicted octanol–water partition coefficient (Wildman–Crippen LogP) is 1.54. The third-order valence-electron chi connectivity index (χ3n) is 4.31. The summed E-state index contributed by atoms with van der Waals surface area (Å²) in [6.07, 6.45) is 4.37. The maximum Gasteiger partial charge on any atom is 0.218 e. The maximum absolute atomic E-state index is 12.4. The van der Waals surface area contributed by atoms with Gasteiger partial charge in [-0.15, -0.1) is 5.10 Å². The molecule has 116 valence electrons. The van der Waals surface area contributed by atoms with Crippen LogP contribution >= 0.6 is 0 Å². The van der Waals surface area contributed by atoms with Crippen LogP contribution in [0.5, 0.6) is 0 Å². The van der Waals surface area contributed by atoms with E-state index in [0.717, 1.165) is 11.3 Å². The molecule has 1 aromatic carbocycles. The fourth-order valence-electron chi connectivity index (χ4n) is 2.72. The number of nitrogens with zero attached hydrogens (tertiary/aromatic N) is 4. The first kappa shape index (κ1) is 13.9. The van der Waals surface area contributed by atoms with Crippen molar-refractivity contribution in [3.63, 3.8) is 0 Å². The molecule has 2 aromatic rings. The molecule has 7 heteroatoms. The standard InChI is InChI=1S/C15H18N4O2S/c20-22(21,11-12-4-2-1-3-5-12)18-8-14(9-18)19-10-15(16-17-19)13-6-7-13/h1-5,10,13-14H,6-9,11H2. The van der Waals surface area contributed by atoms with Gasteiger partial charge in [0.1, 0.15) is 0 Å². The summed E-state index contributed by atoms with van der Waals surface area (Å²) in [5.41, 5.74) is 1.87. The topological polar surface area (TPSA) is 68.1 Å². The van der Waals surface area contributed by atoms with Gasteiger partial charge >= 0.3 is 0 Å². The van der Waals surface area contributed by atoms with Crippen LogP contribution in [-0.2, 0) is 15.8 Å². The molecular weight excluding hydrogens is 300 g/mol. The van der Waals surface area contributed by atoms with Crippen LogP contribution in [0.3, 0.4) is 0 Å². The van der Waals surface area contributed by atoms with Crippen LogP contribution < -0.4 is 0 Å². The number of sulfonamides is 1. The van der Waals surface area contributed by atoms with Crippen LogP contribution in [0.1, 0.15) is 36.1 Å². The number of benzene rings is 1. The van der Waals surface area contributed by atoms with Crippen LogP contribution in [0.15, 0.2) is 36.5 Å².